The van der Waals surface area contributed by atoms with Crippen molar-refractivity contribution in [1.82, 2.24) is 9.21 Å². The lowest BCUT2D eigenvalue weighted by Gasteiger charge is -2.35. The minimum atomic E-state index is -3.83. The van der Waals surface area contributed by atoms with Crippen LogP contribution in [0.25, 0.3) is 0 Å². The van der Waals surface area contributed by atoms with Crippen LogP contribution in [0.3, 0.4) is 0 Å². The number of cyclic esters (lactones) is 1. The molecule has 0 unspecified atom stereocenters. The lowest BCUT2D eigenvalue weighted by atomic mass is 10.1. The lowest BCUT2D eigenvalue weighted by molar-refractivity contribution is 0.0192. The maximum atomic E-state index is 13.2. The van der Waals surface area contributed by atoms with Crippen LogP contribution in [0.4, 0.5) is 15.3 Å². The molecule has 0 spiro atoms. The van der Waals surface area contributed by atoms with Crippen molar-refractivity contribution in [1.29, 1.82) is 0 Å². The van der Waals surface area contributed by atoms with Crippen molar-refractivity contribution in [2.24, 2.45) is 0 Å². The normalized spacial score (nSPS) is 23.8. The number of aliphatic hydroxyl groups excluding tert-OH is 1. The number of carbonyl (C=O) groups excluding carboxylic acids is 2. The Morgan fingerprint density at radius 2 is 1.91 bits per heavy atom. The van der Waals surface area contributed by atoms with E-state index in [1.807, 2.05) is 0 Å². The van der Waals surface area contributed by atoms with Gasteiger partial charge in [0.1, 0.15) is 24.0 Å². The van der Waals surface area contributed by atoms with Gasteiger partial charge < -0.3 is 24.2 Å². The van der Waals surface area contributed by atoms with Gasteiger partial charge in [0.05, 0.1) is 17.2 Å². The molecule has 0 aliphatic carbocycles. The predicted molar refractivity (Wildman–Crippen MR) is 112 cm³/mol. The van der Waals surface area contributed by atoms with Crippen LogP contribution in [0.1, 0.15) is 20.8 Å². The molecule has 3 aliphatic heterocycles. The number of piperazine rings is 1. The molecule has 0 aromatic heterocycles. The standard InChI is InChI=1S/C20H27N3O8S/c1-20(2,3)31-18(25)21-6-8-22(9-7-21)32(27,28)13-4-5-14-16(10-13)29-12-15-17(11-24)30-19(26)23(14)15/h4-5,10,15,17,24H,6-9,11-12H2,1-3H3/t15-,17+/m0/s1. The summed E-state index contributed by atoms with van der Waals surface area (Å²) >= 11 is 0. The number of hydrogen-bond acceptors (Lipinski definition) is 8. The molecule has 12 heteroatoms. The molecular formula is C20H27N3O8S. The third-order valence-electron chi connectivity index (χ3n) is 5.52. The molecule has 0 saturated carbocycles. The number of fused-ring (bicyclic) bond motifs is 3. The zero-order valence-electron chi connectivity index (χ0n) is 18.2. The number of carbonyl (C=O) groups is 2. The van der Waals surface area contributed by atoms with Crippen molar-refractivity contribution >= 4 is 27.9 Å². The van der Waals surface area contributed by atoms with Crippen molar-refractivity contribution in [2.45, 2.75) is 43.4 Å². The molecule has 3 aliphatic rings. The van der Waals surface area contributed by atoms with E-state index in [1.54, 1.807) is 20.8 Å². The van der Waals surface area contributed by atoms with Crippen LogP contribution in [0.5, 0.6) is 5.75 Å². The van der Waals surface area contributed by atoms with Crippen LogP contribution < -0.4 is 9.64 Å². The first kappa shape index (κ1) is 22.6. The van der Waals surface area contributed by atoms with Gasteiger partial charge in [0, 0.05) is 32.2 Å². The summed E-state index contributed by atoms with van der Waals surface area (Å²) in [4.78, 5) is 27.3. The highest BCUT2D eigenvalue weighted by molar-refractivity contribution is 7.89. The molecule has 1 aromatic carbocycles. The second-order valence-corrected chi connectivity index (χ2v) is 10.8. The lowest BCUT2D eigenvalue weighted by Crippen LogP contribution is -2.51. The average Bonchev–Trinajstić information content (AvgIpc) is 3.08. The summed E-state index contributed by atoms with van der Waals surface area (Å²) in [6.07, 6.45) is -1.77. The molecule has 176 valence electrons. The Morgan fingerprint density at radius 3 is 2.53 bits per heavy atom. The number of amides is 2. The van der Waals surface area contributed by atoms with E-state index in [0.29, 0.717) is 5.69 Å². The summed E-state index contributed by atoms with van der Waals surface area (Å²) in [6, 6.07) is 3.84. The molecule has 11 nitrogen and oxygen atoms in total. The molecule has 3 heterocycles. The molecule has 2 fully saturated rings. The van der Waals surface area contributed by atoms with Gasteiger partial charge in [0.2, 0.25) is 10.0 Å². The number of nitrogens with zero attached hydrogens (tertiary/aromatic N) is 3. The maximum absolute atomic E-state index is 13.2. The van der Waals surface area contributed by atoms with E-state index in [2.05, 4.69) is 0 Å². The minimum absolute atomic E-state index is 0.0340. The molecule has 2 saturated heterocycles. The fourth-order valence-electron chi connectivity index (χ4n) is 3.92. The SMILES string of the molecule is CC(C)(C)OC(=O)N1CCN(S(=O)(=O)c2ccc3c(c2)OC[C@H]2[C@@H](CO)OC(=O)N32)CC1. The number of benzene rings is 1. The number of rotatable bonds is 3. The molecular weight excluding hydrogens is 442 g/mol. The Labute approximate surface area is 186 Å². The third-order valence-corrected chi connectivity index (χ3v) is 7.41. The van der Waals surface area contributed by atoms with Crippen LogP contribution in [0.15, 0.2) is 23.1 Å². The summed E-state index contributed by atoms with van der Waals surface area (Å²) in [6.45, 7) is 5.80. The fourth-order valence-corrected chi connectivity index (χ4v) is 5.35. The number of ether oxygens (including phenoxy) is 3. The Hall–Kier alpha value is -2.57. The Bertz CT molecular complexity index is 1010. The summed E-state index contributed by atoms with van der Waals surface area (Å²) < 4.78 is 43.8. The Kier molecular flexibility index (Phi) is 5.72. The van der Waals surface area contributed by atoms with Crippen LogP contribution in [0, 0.1) is 0 Å². The topological polar surface area (TPSA) is 126 Å². The first-order chi connectivity index (χ1) is 15.0. The van der Waals surface area contributed by atoms with Crippen molar-refractivity contribution in [3.8, 4) is 5.75 Å². The van der Waals surface area contributed by atoms with Crippen LogP contribution >= 0.6 is 0 Å². The van der Waals surface area contributed by atoms with E-state index in [1.165, 1.54) is 32.3 Å². The summed E-state index contributed by atoms with van der Waals surface area (Å²) in [5.74, 6) is 0.255. The van der Waals surface area contributed by atoms with Gasteiger partial charge in [-0.3, -0.25) is 4.90 Å². The van der Waals surface area contributed by atoms with Gasteiger partial charge in [0.25, 0.3) is 0 Å². The zero-order chi connectivity index (χ0) is 23.3. The molecule has 0 bridgehead atoms. The van der Waals surface area contributed by atoms with E-state index in [-0.39, 0.29) is 50.0 Å². The number of hydrogen-bond donors (Lipinski definition) is 1. The van der Waals surface area contributed by atoms with Gasteiger partial charge >= 0.3 is 12.2 Å². The number of sulfonamides is 1. The number of aliphatic hydroxyl groups is 1. The van der Waals surface area contributed by atoms with E-state index >= 15 is 0 Å². The quantitative estimate of drug-likeness (QED) is 0.695. The molecule has 1 N–H and O–H groups in total. The van der Waals surface area contributed by atoms with E-state index < -0.39 is 40.0 Å². The van der Waals surface area contributed by atoms with Crippen LogP contribution in [0.2, 0.25) is 0 Å². The monoisotopic (exact) mass is 469 g/mol. The maximum Gasteiger partial charge on any atom is 0.415 e. The summed E-state index contributed by atoms with van der Waals surface area (Å²) in [5, 5.41) is 9.40. The molecule has 0 radical (unpaired) electrons. The second-order valence-electron chi connectivity index (χ2n) is 8.85. The molecule has 32 heavy (non-hydrogen) atoms. The fraction of sp³-hybridized carbons (Fsp3) is 0.600. The van der Waals surface area contributed by atoms with Gasteiger partial charge in [-0.05, 0) is 32.9 Å². The van der Waals surface area contributed by atoms with Gasteiger partial charge in [-0.2, -0.15) is 4.31 Å². The van der Waals surface area contributed by atoms with Gasteiger partial charge in [0.15, 0.2) is 6.10 Å². The first-order valence-electron chi connectivity index (χ1n) is 10.4. The summed E-state index contributed by atoms with van der Waals surface area (Å²) in [5.41, 5.74) is -0.225. The smallest absolute Gasteiger partial charge is 0.415 e. The van der Waals surface area contributed by atoms with Crippen LogP contribution in [-0.2, 0) is 19.5 Å². The third kappa shape index (κ3) is 4.09. The summed E-state index contributed by atoms with van der Waals surface area (Å²) in [7, 11) is -3.83. The Balaban J connectivity index is 1.48. The number of anilines is 1. The van der Waals surface area contributed by atoms with E-state index in [0.717, 1.165) is 0 Å². The highest BCUT2D eigenvalue weighted by Gasteiger charge is 2.46. The highest BCUT2D eigenvalue weighted by Crippen LogP contribution is 2.40. The van der Waals surface area contributed by atoms with E-state index in [4.69, 9.17) is 14.2 Å². The molecule has 2 amide bonds. The molecule has 2 atom stereocenters. The first-order valence-corrected chi connectivity index (χ1v) is 11.8. The average molecular weight is 470 g/mol. The van der Waals surface area contributed by atoms with Crippen molar-refractivity contribution < 1.29 is 37.3 Å². The Morgan fingerprint density at radius 1 is 1.22 bits per heavy atom. The largest absolute Gasteiger partial charge is 0.489 e. The van der Waals surface area contributed by atoms with Crippen molar-refractivity contribution in [3.63, 3.8) is 0 Å². The second kappa shape index (κ2) is 8.09. The molecule has 4 rings (SSSR count). The van der Waals surface area contributed by atoms with E-state index in [9.17, 15) is 23.1 Å². The predicted octanol–water partition coefficient (Wildman–Crippen LogP) is 1.01. The van der Waals surface area contributed by atoms with Gasteiger partial charge in [-0.1, -0.05) is 0 Å². The van der Waals surface area contributed by atoms with Gasteiger partial charge in [-0.15, -0.1) is 0 Å². The van der Waals surface area contributed by atoms with Crippen molar-refractivity contribution in [3.05, 3.63) is 18.2 Å². The van der Waals surface area contributed by atoms with Gasteiger partial charge in [-0.25, -0.2) is 18.0 Å². The van der Waals surface area contributed by atoms with Crippen molar-refractivity contribution in [2.75, 3.05) is 44.3 Å². The van der Waals surface area contributed by atoms with Crippen LogP contribution in [-0.4, -0.2) is 92.1 Å². The zero-order valence-corrected chi connectivity index (χ0v) is 19.0. The minimum Gasteiger partial charge on any atom is -0.489 e. The molecule has 1 aromatic rings. The highest BCUT2D eigenvalue weighted by atomic mass is 32.2.